The molecule has 140 valence electrons. The lowest BCUT2D eigenvalue weighted by molar-refractivity contribution is 0.0949. The second kappa shape index (κ2) is 8.52. The van der Waals surface area contributed by atoms with Crippen molar-refractivity contribution in [1.82, 2.24) is 9.80 Å². The van der Waals surface area contributed by atoms with Gasteiger partial charge in [-0.1, -0.05) is 18.2 Å². The third-order valence-electron chi connectivity index (χ3n) is 6.01. The van der Waals surface area contributed by atoms with Gasteiger partial charge >= 0.3 is 0 Å². The normalized spacial score (nSPS) is 29.4. The molecule has 0 aliphatic carbocycles. The molecule has 0 spiro atoms. The molecule has 4 nitrogen and oxygen atoms in total. The topological polar surface area (TPSA) is 35.9 Å². The van der Waals surface area contributed by atoms with Gasteiger partial charge in [0.05, 0.1) is 6.61 Å². The van der Waals surface area contributed by atoms with Crippen LogP contribution in [0, 0.1) is 5.92 Å². The fourth-order valence-corrected chi connectivity index (χ4v) is 4.54. The van der Waals surface area contributed by atoms with E-state index in [9.17, 15) is 5.11 Å². The van der Waals surface area contributed by atoms with Crippen LogP contribution >= 0.6 is 0 Å². The molecular weight excluding hydrogens is 312 g/mol. The van der Waals surface area contributed by atoms with Crippen LogP contribution in [0.1, 0.15) is 40.0 Å². The minimum absolute atomic E-state index is 0.252. The molecule has 2 aliphatic rings. The smallest absolute Gasteiger partial charge is 0.119 e. The zero-order valence-corrected chi connectivity index (χ0v) is 16.0. The number of nitrogens with zero attached hydrogens (tertiary/aromatic N) is 2. The molecule has 2 heterocycles. The Morgan fingerprint density at radius 1 is 1.16 bits per heavy atom. The van der Waals surface area contributed by atoms with E-state index in [1.165, 1.54) is 6.42 Å². The van der Waals surface area contributed by atoms with Gasteiger partial charge in [-0.15, -0.1) is 0 Å². The summed E-state index contributed by atoms with van der Waals surface area (Å²) in [4.78, 5) is 5.05. The monoisotopic (exact) mass is 346 g/mol. The number of ether oxygens (including phenoxy) is 1. The molecule has 4 unspecified atom stereocenters. The maximum Gasteiger partial charge on any atom is 0.119 e. The molecule has 3 rings (SSSR count). The van der Waals surface area contributed by atoms with Crippen molar-refractivity contribution in [3.8, 4) is 5.75 Å². The zero-order chi connectivity index (χ0) is 17.8. The highest BCUT2D eigenvalue weighted by molar-refractivity contribution is 5.21. The molecule has 0 amide bonds. The Kier molecular flexibility index (Phi) is 6.37. The van der Waals surface area contributed by atoms with Crippen LogP contribution in [0.4, 0.5) is 0 Å². The summed E-state index contributed by atoms with van der Waals surface area (Å²) in [6, 6.07) is 11.6. The maximum absolute atomic E-state index is 9.63. The van der Waals surface area contributed by atoms with Gasteiger partial charge in [0.2, 0.25) is 0 Å². The number of likely N-dealkylation sites (tertiary alicyclic amines) is 2. The van der Waals surface area contributed by atoms with E-state index in [2.05, 4.69) is 42.7 Å². The first-order chi connectivity index (χ1) is 12.1. The Balaban J connectivity index is 1.65. The first kappa shape index (κ1) is 18.7. The summed E-state index contributed by atoms with van der Waals surface area (Å²) in [7, 11) is 0. The second-order valence-electron chi connectivity index (χ2n) is 8.08. The van der Waals surface area contributed by atoms with Crippen molar-refractivity contribution in [2.24, 2.45) is 5.92 Å². The van der Waals surface area contributed by atoms with E-state index in [1.54, 1.807) is 0 Å². The number of para-hydroxylation sites is 1. The summed E-state index contributed by atoms with van der Waals surface area (Å²) in [5.41, 5.74) is 0. The molecule has 1 aromatic rings. The van der Waals surface area contributed by atoms with Crippen LogP contribution in [-0.2, 0) is 0 Å². The van der Waals surface area contributed by atoms with Gasteiger partial charge in [-0.2, -0.15) is 0 Å². The predicted molar refractivity (Wildman–Crippen MR) is 102 cm³/mol. The summed E-state index contributed by atoms with van der Waals surface area (Å²) in [5, 5.41) is 9.63. The third-order valence-corrected chi connectivity index (χ3v) is 6.01. The second-order valence-corrected chi connectivity index (χ2v) is 8.08. The van der Waals surface area contributed by atoms with Crippen molar-refractivity contribution >= 4 is 0 Å². The van der Waals surface area contributed by atoms with Crippen LogP contribution in [0.5, 0.6) is 5.75 Å². The van der Waals surface area contributed by atoms with Crippen LogP contribution in [-0.4, -0.2) is 65.4 Å². The van der Waals surface area contributed by atoms with Gasteiger partial charge in [0.15, 0.2) is 0 Å². The number of aliphatic hydroxyl groups excluding tert-OH is 1. The van der Waals surface area contributed by atoms with Crippen molar-refractivity contribution in [2.75, 3.05) is 26.2 Å². The summed E-state index contributed by atoms with van der Waals surface area (Å²) < 4.78 is 6.38. The van der Waals surface area contributed by atoms with E-state index in [4.69, 9.17) is 4.74 Å². The van der Waals surface area contributed by atoms with Crippen molar-refractivity contribution < 1.29 is 9.84 Å². The lowest BCUT2D eigenvalue weighted by Gasteiger charge is -2.32. The van der Waals surface area contributed by atoms with Gasteiger partial charge in [-0.3, -0.25) is 9.80 Å². The predicted octanol–water partition coefficient (Wildman–Crippen LogP) is 3.01. The summed E-state index contributed by atoms with van der Waals surface area (Å²) in [5.74, 6) is 1.52. The van der Waals surface area contributed by atoms with E-state index in [0.717, 1.165) is 38.2 Å². The number of aliphatic hydroxyl groups is 1. The van der Waals surface area contributed by atoms with E-state index in [0.29, 0.717) is 24.0 Å². The number of rotatable bonds is 7. The fraction of sp³-hybridized carbons (Fsp3) is 0.714. The van der Waals surface area contributed by atoms with Gasteiger partial charge in [0, 0.05) is 37.1 Å². The lowest BCUT2D eigenvalue weighted by atomic mass is 9.96. The van der Waals surface area contributed by atoms with Crippen LogP contribution in [0.15, 0.2) is 30.3 Å². The fourth-order valence-electron chi connectivity index (χ4n) is 4.54. The summed E-state index contributed by atoms with van der Waals surface area (Å²) >= 11 is 0. The molecule has 4 heteroatoms. The van der Waals surface area contributed by atoms with Gasteiger partial charge in [-0.05, 0) is 58.7 Å². The zero-order valence-electron chi connectivity index (χ0n) is 16.0. The molecule has 0 radical (unpaired) electrons. The Labute approximate surface area is 152 Å². The van der Waals surface area contributed by atoms with Gasteiger partial charge < -0.3 is 9.84 Å². The minimum atomic E-state index is 0.252. The summed E-state index contributed by atoms with van der Waals surface area (Å²) in [6.07, 6.45) is 3.73. The van der Waals surface area contributed by atoms with E-state index in [1.807, 2.05) is 18.2 Å². The maximum atomic E-state index is 9.63. The van der Waals surface area contributed by atoms with Crippen molar-refractivity contribution in [2.45, 2.75) is 64.3 Å². The van der Waals surface area contributed by atoms with Gasteiger partial charge in [0.1, 0.15) is 11.9 Å². The van der Waals surface area contributed by atoms with Crippen LogP contribution in [0.25, 0.3) is 0 Å². The number of hydrogen-bond acceptors (Lipinski definition) is 4. The van der Waals surface area contributed by atoms with E-state index in [-0.39, 0.29) is 12.7 Å². The molecule has 1 aromatic carbocycles. The molecule has 0 aromatic heterocycles. The van der Waals surface area contributed by atoms with Crippen LogP contribution < -0.4 is 4.74 Å². The Hall–Kier alpha value is -1.10. The van der Waals surface area contributed by atoms with Crippen LogP contribution in [0.2, 0.25) is 0 Å². The largest absolute Gasteiger partial charge is 0.489 e. The SMILES string of the molecule is CC(C)N1CC(CC(C)N2CCCC2CO)C(Oc2ccccc2)C1. The molecule has 25 heavy (non-hydrogen) atoms. The van der Waals surface area contributed by atoms with Crippen molar-refractivity contribution in [3.05, 3.63) is 30.3 Å². The molecule has 2 fully saturated rings. The molecule has 4 atom stereocenters. The first-order valence-corrected chi connectivity index (χ1v) is 9.90. The number of hydrogen-bond donors (Lipinski definition) is 1. The molecule has 2 saturated heterocycles. The van der Waals surface area contributed by atoms with Crippen molar-refractivity contribution in [3.63, 3.8) is 0 Å². The van der Waals surface area contributed by atoms with E-state index >= 15 is 0 Å². The highest BCUT2D eigenvalue weighted by Gasteiger charge is 2.38. The average Bonchev–Trinajstić information content (AvgIpc) is 3.23. The van der Waals surface area contributed by atoms with E-state index < -0.39 is 0 Å². The van der Waals surface area contributed by atoms with Gasteiger partial charge in [-0.25, -0.2) is 0 Å². The van der Waals surface area contributed by atoms with Gasteiger partial charge in [0.25, 0.3) is 0 Å². The lowest BCUT2D eigenvalue weighted by Crippen LogP contribution is -2.41. The quantitative estimate of drug-likeness (QED) is 0.823. The molecule has 0 saturated carbocycles. The molecule has 0 bridgehead atoms. The Morgan fingerprint density at radius 2 is 1.92 bits per heavy atom. The molecular formula is C21H34N2O2. The highest BCUT2D eigenvalue weighted by atomic mass is 16.5. The Morgan fingerprint density at radius 3 is 2.60 bits per heavy atom. The Bertz CT molecular complexity index is 522. The average molecular weight is 347 g/mol. The molecule has 2 aliphatic heterocycles. The minimum Gasteiger partial charge on any atom is -0.489 e. The van der Waals surface area contributed by atoms with Crippen molar-refractivity contribution in [1.29, 1.82) is 0 Å². The first-order valence-electron chi connectivity index (χ1n) is 9.90. The third kappa shape index (κ3) is 4.55. The standard InChI is InChI=1S/C21H34N2O2/c1-16(2)22-13-18(12-17(3)23-11-7-8-19(23)15-24)21(14-22)25-20-9-5-4-6-10-20/h4-6,9-10,16-19,21,24H,7-8,11-15H2,1-3H3. The molecule has 1 N–H and O–H groups in total. The number of benzene rings is 1. The summed E-state index contributed by atoms with van der Waals surface area (Å²) in [6.45, 7) is 10.4. The van der Waals surface area contributed by atoms with Crippen LogP contribution in [0.3, 0.4) is 0 Å². The highest BCUT2D eigenvalue weighted by Crippen LogP contribution is 2.30.